The van der Waals surface area contributed by atoms with E-state index in [-0.39, 0.29) is 11.1 Å². The van der Waals surface area contributed by atoms with E-state index >= 15 is 0 Å². The lowest BCUT2D eigenvalue weighted by Gasteiger charge is -2.22. The lowest BCUT2D eigenvalue weighted by atomic mass is 10.1. The van der Waals surface area contributed by atoms with E-state index in [1.54, 1.807) is 13.2 Å². The van der Waals surface area contributed by atoms with Crippen LogP contribution in [-0.2, 0) is 0 Å². The topological polar surface area (TPSA) is 84.3 Å². The molecule has 22 heavy (non-hydrogen) atoms. The summed E-state index contributed by atoms with van der Waals surface area (Å²) in [6.07, 6.45) is 1.32. The summed E-state index contributed by atoms with van der Waals surface area (Å²) in [7, 11) is 1.58. The van der Waals surface area contributed by atoms with Crippen LogP contribution >= 0.6 is 0 Å². The maximum atomic E-state index is 11.3. The molecule has 2 aromatic rings. The van der Waals surface area contributed by atoms with Gasteiger partial charge in [0.15, 0.2) is 5.82 Å². The molecule has 2 N–H and O–H groups in total. The Balaban J connectivity index is 2.49. The number of rotatable bonds is 4. The first-order valence-corrected chi connectivity index (χ1v) is 6.83. The number of carbonyl (C=O) groups is 1. The fourth-order valence-electron chi connectivity index (χ4n) is 1.89. The molecular formula is C16H19N3O3. The van der Waals surface area contributed by atoms with Gasteiger partial charge in [-0.15, -0.1) is 0 Å². The second-order valence-corrected chi connectivity index (χ2v) is 5.87. The van der Waals surface area contributed by atoms with E-state index in [4.69, 9.17) is 4.74 Å². The van der Waals surface area contributed by atoms with Gasteiger partial charge in [0.05, 0.1) is 7.11 Å². The number of aromatic carboxylic acids is 1. The Morgan fingerprint density at radius 3 is 2.64 bits per heavy atom. The van der Waals surface area contributed by atoms with Gasteiger partial charge in [0.1, 0.15) is 17.1 Å². The lowest BCUT2D eigenvalue weighted by molar-refractivity contribution is 0.0697. The summed E-state index contributed by atoms with van der Waals surface area (Å²) < 4.78 is 5.18. The summed E-state index contributed by atoms with van der Waals surface area (Å²) in [5.41, 5.74) is 0.485. The minimum atomic E-state index is -1.07. The standard InChI is InChI=1S/C16H19N3O3/c1-16(2,3)19-14-12(15(20)21)9-17-13(18-14)10-6-5-7-11(8-10)22-4/h5-9H,1-4H3,(H,20,21)(H,17,18,19). The van der Waals surface area contributed by atoms with Crippen LogP contribution in [0.5, 0.6) is 5.75 Å². The molecule has 116 valence electrons. The van der Waals surface area contributed by atoms with Crippen molar-refractivity contribution in [3.63, 3.8) is 0 Å². The van der Waals surface area contributed by atoms with Gasteiger partial charge in [-0.3, -0.25) is 0 Å². The number of benzene rings is 1. The van der Waals surface area contributed by atoms with Crippen LogP contribution in [0.15, 0.2) is 30.5 Å². The third kappa shape index (κ3) is 3.72. The Labute approximate surface area is 129 Å². The van der Waals surface area contributed by atoms with Crippen molar-refractivity contribution in [3.8, 4) is 17.1 Å². The predicted octanol–water partition coefficient (Wildman–Crippen LogP) is 3.06. The van der Waals surface area contributed by atoms with Gasteiger partial charge in [-0.2, -0.15) is 0 Å². The molecular weight excluding hydrogens is 282 g/mol. The average Bonchev–Trinajstić information content (AvgIpc) is 2.45. The molecule has 0 aliphatic rings. The first-order valence-electron chi connectivity index (χ1n) is 6.83. The second kappa shape index (κ2) is 6.01. The van der Waals surface area contributed by atoms with Gasteiger partial charge in [-0.25, -0.2) is 14.8 Å². The quantitative estimate of drug-likeness (QED) is 0.903. The van der Waals surface area contributed by atoms with E-state index in [1.165, 1.54) is 6.20 Å². The highest BCUT2D eigenvalue weighted by atomic mass is 16.5. The van der Waals surface area contributed by atoms with Gasteiger partial charge in [0.25, 0.3) is 0 Å². The van der Waals surface area contributed by atoms with E-state index < -0.39 is 5.97 Å². The SMILES string of the molecule is COc1cccc(-c2ncc(C(=O)O)c(NC(C)(C)C)n2)c1. The first kappa shape index (κ1) is 15.8. The zero-order valence-corrected chi connectivity index (χ0v) is 13.0. The molecule has 1 aromatic carbocycles. The molecule has 6 heteroatoms. The fourth-order valence-corrected chi connectivity index (χ4v) is 1.89. The molecule has 0 aliphatic carbocycles. The van der Waals surface area contributed by atoms with Gasteiger partial charge < -0.3 is 15.2 Å². The molecule has 0 saturated heterocycles. The second-order valence-electron chi connectivity index (χ2n) is 5.87. The Kier molecular flexibility index (Phi) is 4.30. The lowest BCUT2D eigenvalue weighted by Crippen LogP contribution is -2.28. The van der Waals surface area contributed by atoms with Crippen molar-refractivity contribution in [1.29, 1.82) is 0 Å². The minimum absolute atomic E-state index is 0.0431. The van der Waals surface area contributed by atoms with Crippen molar-refractivity contribution >= 4 is 11.8 Å². The Morgan fingerprint density at radius 2 is 2.05 bits per heavy atom. The van der Waals surface area contributed by atoms with Crippen LogP contribution in [-0.4, -0.2) is 33.7 Å². The summed E-state index contributed by atoms with van der Waals surface area (Å²) >= 11 is 0. The van der Waals surface area contributed by atoms with Gasteiger partial charge in [0, 0.05) is 17.3 Å². The van der Waals surface area contributed by atoms with Crippen LogP contribution in [0.2, 0.25) is 0 Å². The van der Waals surface area contributed by atoms with Crippen LogP contribution < -0.4 is 10.1 Å². The number of carboxylic acid groups (broad SMARTS) is 1. The van der Waals surface area contributed by atoms with Gasteiger partial charge in [-0.1, -0.05) is 12.1 Å². The van der Waals surface area contributed by atoms with Crippen molar-refractivity contribution < 1.29 is 14.6 Å². The van der Waals surface area contributed by atoms with Crippen LogP contribution in [0.3, 0.4) is 0 Å². The van der Waals surface area contributed by atoms with E-state index in [0.717, 1.165) is 5.56 Å². The Bertz CT molecular complexity index is 693. The number of aromatic nitrogens is 2. The van der Waals surface area contributed by atoms with Crippen LogP contribution in [0.1, 0.15) is 31.1 Å². The molecule has 1 aromatic heterocycles. The summed E-state index contributed by atoms with van der Waals surface area (Å²) in [5, 5.41) is 12.4. The van der Waals surface area contributed by atoms with Crippen molar-refractivity contribution in [2.45, 2.75) is 26.3 Å². The average molecular weight is 301 g/mol. The number of carboxylic acids is 1. The van der Waals surface area contributed by atoms with Crippen LogP contribution in [0.25, 0.3) is 11.4 Å². The largest absolute Gasteiger partial charge is 0.497 e. The summed E-state index contributed by atoms with van der Waals surface area (Å²) in [6.45, 7) is 5.81. The molecule has 0 unspecified atom stereocenters. The molecule has 6 nitrogen and oxygen atoms in total. The molecule has 0 bridgehead atoms. The maximum absolute atomic E-state index is 11.3. The molecule has 2 rings (SSSR count). The molecule has 0 spiro atoms. The van der Waals surface area contributed by atoms with Crippen LogP contribution in [0, 0.1) is 0 Å². The van der Waals surface area contributed by atoms with Crippen LogP contribution in [0.4, 0.5) is 5.82 Å². The van der Waals surface area contributed by atoms with E-state index in [2.05, 4.69) is 15.3 Å². The zero-order valence-electron chi connectivity index (χ0n) is 13.0. The third-order valence-electron chi connectivity index (χ3n) is 2.84. The molecule has 0 aliphatic heterocycles. The molecule has 0 amide bonds. The van der Waals surface area contributed by atoms with Gasteiger partial charge in [0.2, 0.25) is 0 Å². The highest BCUT2D eigenvalue weighted by Gasteiger charge is 2.19. The Hall–Kier alpha value is -2.63. The monoisotopic (exact) mass is 301 g/mol. The number of ether oxygens (including phenoxy) is 1. The number of anilines is 1. The van der Waals surface area contributed by atoms with Crippen molar-refractivity contribution in [2.75, 3.05) is 12.4 Å². The first-order chi connectivity index (χ1) is 10.3. The predicted molar refractivity (Wildman–Crippen MR) is 84.4 cm³/mol. The van der Waals surface area contributed by atoms with E-state index in [0.29, 0.717) is 17.4 Å². The molecule has 0 atom stereocenters. The summed E-state index contributed by atoms with van der Waals surface area (Å²) in [5.74, 6) is 0.362. The number of methoxy groups -OCH3 is 1. The normalized spacial score (nSPS) is 11.1. The highest BCUT2D eigenvalue weighted by Crippen LogP contribution is 2.24. The fraction of sp³-hybridized carbons (Fsp3) is 0.312. The molecule has 0 saturated carbocycles. The number of nitrogens with zero attached hydrogens (tertiary/aromatic N) is 2. The number of hydrogen-bond acceptors (Lipinski definition) is 5. The number of hydrogen-bond donors (Lipinski definition) is 2. The van der Waals surface area contributed by atoms with Crippen molar-refractivity contribution in [3.05, 3.63) is 36.0 Å². The molecule has 0 fully saturated rings. The summed E-state index contributed by atoms with van der Waals surface area (Å²) in [6, 6.07) is 7.30. The zero-order chi connectivity index (χ0) is 16.3. The summed E-state index contributed by atoms with van der Waals surface area (Å²) in [4.78, 5) is 19.8. The van der Waals surface area contributed by atoms with E-state index in [9.17, 15) is 9.90 Å². The third-order valence-corrected chi connectivity index (χ3v) is 2.84. The Morgan fingerprint density at radius 1 is 1.32 bits per heavy atom. The van der Waals surface area contributed by atoms with Gasteiger partial charge in [-0.05, 0) is 32.9 Å². The molecule has 1 heterocycles. The number of nitrogens with one attached hydrogen (secondary N) is 1. The highest BCUT2D eigenvalue weighted by molar-refractivity contribution is 5.93. The minimum Gasteiger partial charge on any atom is -0.497 e. The van der Waals surface area contributed by atoms with Gasteiger partial charge >= 0.3 is 5.97 Å². The smallest absolute Gasteiger partial charge is 0.341 e. The van der Waals surface area contributed by atoms with Crippen molar-refractivity contribution in [1.82, 2.24) is 9.97 Å². The molecule has 0 radical (unpaired) electrons. The maximum Gasteiger partial charge on any atom is 0.341 e. The van der Waals surface area contributed by atoms with Crippen molar-refractivity contribution in [2.24, 2.45) is 0 Å². The van der Waals surface area contributed by atoms with E-state index in [1.807, 2.05) is 39.0 Å².